The molecule has 0 atom stereocenters. The van der Waals surface area contributed by atoms with Crippen LogP contribution in [-0.2, 0) is 0 Å². The maximum absolute atomic E-state index is 10.9. The quantitative estimate of drug-likeness (QED) is 0.313. The van der Waals surface area contributed by atoms with Gasteiger partial charge in [-0.1, -0.05) is 15.9 Å². The second-order valence-electron chi connectivity index (χ2n) is 2.59. The summed E-state index contributed by atoms with van der Waals surface area (Å²) in [6, 6.07) is 7.66. The van der Waals surface area contributed by atoms with Crippen molar-refractivity contribution in [2.45, 2.75) is 6.92 Å². The average molecular weight is 228 g/mol. The third-order valence-electron chi connectivity index (χ3n) is 1.73. The van der Waals surface area contributed by atoms with Gasteiger partial charge in [0.2, 0.25) is 0 Å². The number of benzene rings is 1. The van der Waals surface area contributed by atoms with Crippen LogP contribution < -0.4 is 0 Å². The number of rotatable bonds is 1. The van der Waals surface area contributed by atoms with Crippen molar-refractivity contribution >= 4 is 21.6 Å². The Hall–Kier alpha value is -0.830. The van der Waals surface area contributed by atoms with E-state index in [9.17, 15) is 5.21 Å². The van der Waals surface area contributed by atoms with Crippen LogP contribution in [0, 0.1) is 5.21 Å². The molecule has 12 heavy (non-hydrogen) atoms. The second-order valence-corrected chi connectivity index (χ2v) is 3.51. The van der Waals surface area contributed by atoms with Gasteiger partial charge in [0.25, 0.3) is 0 Å². The van der Waals surface area contributed by atoms with Crippen molar-refractivity contribution in [1.82, 2.24) is 0 Å². The first-order chi connectivity index (χ1) is 5.61. The van der Waals surface area contributed by atoms with Crippen LogP contribution in [0.25, 0.3) is 0 Å². The molecule has 1 rings (SSSR count). The SMILES string of the molecule is C/C(c1ccc(Br)cc1)=[N+](\C)[O-]. The summed E-state index contributed by atoms with van der Waals surface area (Å²) in [6.45, 7) is 1.80. The molecule has 0 amide bonds. The highest BCUT2D eigenvalue weighted by atomic mass is 79.9. The number of hydrogen-bond donors (Lipinski definition) is 0. The standard InChI is InChI=1S/C9H10BrNO/c1-7(11(2)12)8-3-5-9(10)6-4-8/h3-6H,1-2H3/b11-7-. The molecule has 1 aromatic rings. The molecule has 0 spiro atoms. The molecule has 0 aliphatic rings. The smallest absolute Gasteiger partial charge is 0.191 e. The average Bonchev–Trinajstić information content (AvgIpc) is 2.04. The number of halogens is 1. The zero-order chi connectivity index (χ0) is 9.14. The number of hydrogen-bond acceptors (Lipinski definition) is 1. The Balaban J connectivity index is 3.06. The molecule has 0 saturated heterocycles. The van der Waals surface area contributed by atoms with Crippen LogP contribution >= 0.6 is 15.9 Å². The second kappa shape index (κ2) is 3.72. The van der Waals surface area contributed by atoms with Gasteiger partial charge in [0, 0.05) is 17.0 Å². The largest absolute Gasteiger partial charge is 0.624 e. The summed E-state index contributed by atoms with van der Waals surface area (Å²) in [5, 5.41) is 10.9. The molecular formula is C9H10BrNO. The molecular weight excluding hydrogens is 218 g/mol. The van der Waals surface area contributed by atoms with Crippen molar-refractivity contribution in [1.29, 1.82) is 0 Å². The van der Waals surface area contributed by atoms with E-state index in [-0.39, 0.29) is 0 Å². The molecule has 0 aliphatic carbocycles. The summed E-state index contributed by atoms with van der Waals surface area (Å²) in [5.74, 6) is 0. The van der Waals surface area contributed by atoms with E-state index in [1.54, 1.807) is 6.92 Å². The summed E-state index contributed by atoms with van der Waals surface area (Å²) in [5.41, 5.74) is 1.68. The number of hydroxylamine groups is 1. The van der Waals surface area contributed by atoms with Crippen LogP contribution in [0.1, 0.15) is 12.5 Å². The monoisotopic (exact) mass is 227 g/mol. The van der Waals surface area contributed by atoms with Crippen LogP contribution in [0.2, 0.25) is 0 Å². The van der Waals surface area contributed by atoms with Gasteiger partial charge in [-0.15, -0.1) is 0 Å². The normalized spacial score (nSPS) is 12.6. The Labute approximate surface area is 80.2 Å². The number of nitrogens with zero attached hydrogens (tertiary/aromatic N) is 1. The maximum atomic E-state index is 10.9. The van der Waals surface area contributed by atoms with E-state index < -0.39 is 0 Å². The summed E-state index contributed by atoms with van der Waals surface area (Å²) >= 11 is 3.33. The fraction of sp³-hybridized carbons (Fsp3) is 0.222. The molecule has 1 aromatic carbocycles. The van der Waals surface area contributed by atoms with E-state index in [1.807, 2.05) is 24.3 Å². The molecule has 0 unspecified atom stereocenters. The van der Waals surface area contributed by atoms with Gasteiger partial charge < -0.3 is 5.21 Å². The summed E-state index contributed by atoms with van der Waals surface area (Å²) in [6.07, 6.45) is 0. The molecule has 0 aliphatic heterocycles. The first-order valence-corrected chi connectivity index (χ1v) is 4.41. The molecule has 2 nitrogen and oxygen atoms in total. The van der Waals surface area contributed by atoms with Crippen LogP contribution in [0.3, 0.4) is 0 Å². The van der Waals surface area contributed by atoms with Gasteiger partial charge >= 0.3 is 0 Å². The highest BCUT2D eigenvalue weighted by Crippen LogP contribution is 2.10. The van der Waals surface area contributed by atoms with E-state index in [0.717, 1.165) is 20.5 Å². The summed E-state index contributed by atoms with van der Waals surface area (Å²) in [4.78, 5) is 0. The lowest BCUT2D eigenvalue weighted by molar-refractivity contribution is -0.422. The molecule has 0 N–H and O–H groups in total. The molecule has 0 saturated carbocycles. The first-order valence-electron chi connectivity index (χ1n) is 3.61. The predicted octanol–water partition coefficient (Wildman–Crippen LogP) is 2.40. The zero-order valence-electron chi connectivity index (χ0n) is 7.04. The lowest BCUT2D eigenvalue weighted by Crippen LogP contribution is -2.08. The highest BCUT2D eigenvalue weighted by molar-refractivity contribution is 9.10. The molecule has 0 bridgehead atoms. The van der Waals surface area contributed by atoms with Gasteiger partial charge in [-0.3, -0.25) is 0 Å². The highest BCUT2D eigenvalue weighted by Gasteiger charge is 2.02. The van der Waals surface area contributed by atoms with E-state index in [1.165, 1.54) is 7.05 Å². The maximum Gasteiger partial charge on any atom is 0.191 e. The van der Waals surface area contributed by atoms with E-state index in [0.29, 0.717) is 0 Å². The fourth-order valence-corrected chi connectivity index (χ4v) is 1.14. The van der Waals surface area contributed by atoms with Crippen LogP contribution in [-0.4, -0.2) is 17.5 Å². The topological polar surface area (TPSA) is 26.1 Å². The van der Waals surface area contributed by atoms with Gasteiger partial charge in [-0.05, 0) is 24.3 Å². The van der Waals surface area contributed by atoms with Gasteiger partial charge in [-0.25, -0.2) is 4.74 Å². The third kappa shape index (κ3) is 2.08. The molecule has 64 valence electrons. The zero-order valence-corrected chi connectivity index (χ0v) is 8.63. The van der Waals surface area contributed by atoms with Crippen LogP contribution in [0.5, 0.6) is 0 Å². The molecule has 0 fully saturated rings. The molecule has 0 aromatic heterocycles. The Kier molecular flexibility index (Phi) is 2.87. The molecule has 0 heterocycles. The summed E-state index contributed by atoms with van der Waals surface area (Å²) < 4.78 is 1.89. The van der Waals surface area contributed by atoms with Crippen LogP contribution in [0.15, 0.2) is 28.7 Å². The lowest BCUT2D eigenvalue weighted by atomic mass is 10.1. The van der Waals surface area contributed by atoms with Crippen molar-refractivity contribution in [3.05, 3.63) is 39.5 Å². The minimum atomic E-state index is 0.725. The van der Waals surface area contributed by atoms with Gasteiger partial charge in [-0.2, -0.15) is 0 Å². The van der Waals surface area contributed by atoms with Crippen molar-refractivity contribution < 1.29 is 4.74 Å². The van der Waals surface area contributed by atoms with Crippen molar-refractivity contribution in [2.75, 3.05) is 7.05 Å². The van der Waals surface area contributed by atoms with Crippen LogP contribution in [0.4, 0.5) is 0 Å². The van der Waals surface area contributed by atoms with E-state index >= 15 is 0 Å². The Morgan fingerprint density at radius 3 is 2.25 bits per heavy atom. The van der Waals surface area contributed by atoms with E-state index in [2.05, 4.69) is 15.9 Å². The third-order valence-corrected chi connectivity index (χ3v) is 2.26. The van der Waals surface area contributed by atoms with Crippen molar-refractivity contribution in [2.24, 2.45) is 0 Å². The van der Waals surface area contributed by atoms with E-state index in [4.69, 9.17) is 0 Å². The predicted molar refractivity (Wildman–Crippen MR) is 53.5 cm³/mol. The van der Waals surface area contributed by atoms with Crippen molar-refractivity contribution in [3.63, 3.8) is 0 Å². The Morgan fingerprint density at radius 1 is 1.33 bits per heavy atom. The Morgan fingerprint density at radius 2 is 1.83 bits per heavy atom. The minimum Gasteiger partial charge on any atom is -0.624 e. The van der Waals surface area contributed by atoms with Crippen molar-refractivity contribution in [3.8, 4) is 0 Å². The first kappa shape index (κ1) is 9.26. The van der Waals surface area contributed by atoms with Gasteiger partial charge in [0.15, 0.2) is 5.71 Å². The minimum absolute atomic E-state index is 0.725. The van der Waals surface area contributed by atoms with Gasteiger partial charge in [0.1, 0.15) is 7.05 Å². The fourth-order valence-electron chi connectivity index (χ4n) is 0.873. The summed E-state index contributed by atoms with van der Waals surface area (Å²) in [7, 11) is 1.50. The molecule has 0 radical (unpaired) electrons. The van der Waals surface area contributed by atoms with Gasteiger partial charge in [0.05, 0.1) is 0 Å². The lowest BCUT2D eigenvalue weighted by Gasteiger charge is -2.02. The molecule has 3 heteroatoms. The Bertz CT molecular complexity index is 299.